The fourth-order valence-electron chi connectivity index (χ4n) is 2.76. The van der Waals surface area contributed by atoms with Crippen molar-refractivity contribution in [2.45, 2.75) is 52.0 Å². The molecule has 0 unspecified atom stereocenters. The maximum absolute atomic E-state index is 12.3. The molecule has 0 aliphatic carbocycles. The van der Waals surface area contributed by atoms with Crippen LogP contribution in [-0.4, -0.2) is 67.2 Å². The minimum Gasteiger partial charge on any atom is -0.469 e. The van der Waals surface area contributed by atoms with E-state index in [0.29, 0.717) is 45.5 Å². The zero-order valence-corrected chi connectivity index (χ0v) is 14.4. The standard InChI is InChI=1S/C16H28N2O5/c1-4-6-14(19)18(12-9-15(20)22-3)13-7-10-17(11-8-13)16(21)23-5-2/h13H,4-12H2,1-3H3. The first-order valence-electron chi connectivity index (χ1n) is 8.31. The van der Waals surface area contributed by atoms with Gasteiger partial charge in [0.15, 0.2) is 0 Å². The number of ether oxygens (including phenoxy) is 2. The van der Waals surface area contributed by atoms with Crippen LogP contribution in [0.2, 0.25) is 0 Å². The molecule has 0 saturated carbocycles. The van der Waals surface area contributed by atoms with Crippen molar-refractivity contribution in [3.8, 4) is 0 Å². The summed E-state index contributed by atoms with van der Waals surface area (Å²) in [5, 5.41) is 0. The first-order chi connectivity index (χ1) is 11.0. The molecule has 1 aliphatic rings. The van der Waals surface area contributed by atoms with Crippen molar-refractivity contribution in [2.75, 3.05) is 33.4 Å². The molecule has 1 fully saturated rings. The summed E-state index contributed by atoms with van der Waals surface area (Å²) in [6.07, 6.45) is 2.55. The number of carbonyl (C=O) groups is 3. The fraction of sp³-hybridized carbons (Fsp3) is 0.812. The minimum absolute atomic E-state index is 0.0596. The molecule has 23 heavy (non-hydrogen) atoms. The van der Waals surface area contributed by atoms with Crippen LogP contribution >= 0.6 is 0 Å². The molecule has 0 N–H and O–H groups in total. The van der Waals surface area contributed by atoms with Crippen molar-refractivity contribution in [1.29, 1.82) is 0 Å². The monoisotopic (exact) mass is 328 g/mol. The van der Waals surface area contributed by atoms with Crippen LogP contribution in [0.1, 0.15) is 46.0 Å². The minimum atomic E-state index is -0.316. The van der Waals surface area contributed by atoms with Gasteiger partial charge in [-0.2, -0.15) is 0 Å². The van der Waals surface area contributed by atoms with Gasteiger partial charge in [-0.1, -0.05) is 6.92 Å². The van der Waals surface area contributed by atoms with Gasteiger partial charge in [-0.15, -0.1) is 0 Å². The average Bonchev–Trinajstić information content (AvgIpc) is 2.55. The van der Waals surface area contributed by atoms with Crippen molar-refractivity contribution in [2.24, 2.45) is 0 Å². The van der Waals surface area contributed by atoms with Crippen molar-refractivity contribution in [1.82, 2.24) is 9.80 Å². The Morgan fingerprint density at radius 3 is 2.30 bits per heavy atom. The molecule has 0 radical (unpaired) electrons. The SMILES string of the molecule is CCCC(=O)N(CCC(=O)OC)C1CCN(C(=O)OCC)CC1. The van der Waals surface area contributed by atoms with Crippen LogP contribution in [0.3, 0.4) is 0 Å². The van der Waals surface area contributed by atoms with Gasteiger partial charge >= 0.3 is 12.1 Å². The lowest BCUT2D eigenvalue weighted by molar-refractivity contribution is -0.142. The quantitative estimate of drug-likeness (QED) is 0.666. The number of nitrogens with zero attached hydrogens (tertiary/aromatic N) is 2. The molecule has 7 heteroatoms. The highest BCUT2D eigenvalue weighted by atomic mass is 16.6. The third-order valence-corrected chi connectivity index (χ3v) is 4.00. The van der Waals surface area contributed by atoms with Gasteiger partial charge in [-0.05, 0) is 26.2 Å². The Balaban J connectivity index is 2.60. The highest BCUT2D eigenvalue weighted by Gasteiger charge is 2.30. The largest absolute Gasteiger partial charge is 0.469 e. The van der Waals surface area contributed by atoms with Gasteiger partial charge in [-0.25, -0.2) is 4.79 Å². The molecule has 0 aromatic rings. The number of likely N-dealkylation sites (tertiary alicyclic amines) is 1. The molecule has 132 valence electrons. The smallest absolute Gasteiger partial charge is 0.409 e. The number of esters is 1. The Hall–Kier alpha value is -1.79. The summed E-state index contributed by atoms with van der Waals surface area (Å²) in [4.78, 5) is 38.9. The summed E-state index contributed by atoms with van der Waals surface area (Å²) in [6, 6.07) is 0.0596. The second-order valence-corrected chi connectivity index (χ2v) is 5.58. The lowest BCUT2D eigenvalue weighted by atomic mass is 10.0. The average molecular weight is 328 g/mol. The maximum atomic E-state index is 12.3. The predicted molar refractivity (Wildman–Crippen MR) is 84.9 cm³/mol. The van der Waals surface area contributed by atoms with Crippen LogP contribution in [0.4, 0.5) is 4.79 Å². The van der Waals surface area contributed by atoms with Crippen molar-refractivity contribution < 1.29 is 23.9 Å². The summed E-state index contributed by atoms with van der Waals surface area (Å²) >= 11 is 0. The normalized spacial score (nSPS) is 15.2. The fourth-order valence-corrected chi connectivity index (χ4v) is 2.76. The Morgan fingerprint density at radius 2 is 1.78 bits per heavy atom. The molecule has 2 amide bonds. The number of carbonyl (C=O) groups excluding carboxylic acids is 3. The summed E-state index contributed by atoms with van der Waals surface area (Å²) in [5.41, 5.74) is 0. The summed E-state index contributed by atoms with van der Waals surface area (Å²) in [7, 11) is 1.35. The van der Waals surface area contributed by atoms with E-state index >= 15 is 0 Å². The molecule has 0 bridgehead atoms. The topological polar surface area (TPSA) is 76.2 Å². The molecule has 7 nitrogen and oxygen atoms in total. The Kier molecular flexibility index (Phi) is 8.43. The van der Waals surface area contributed by atoms with Gasteiger partial charge in [0.05, 0.1) is 20.1 Å². The Labute approximate surface area is 137 Å². The molecule has 0 spiro atoms. The van der Waals surface area contributed by atoms with Gasteiger partial charge in [0, 0.05) is 32.1 Å². The van der Waals surface area contributed by atoms with Crippen LogP contribution in [0.25, 0.3) is 0 Å². The summed E-state index contributed by atoms with van der Waals surface area (Å²) in [6.45, 7) is 5.60. The number of methoxy groups -OCH3 is 1. The molecular formula is C16H28N2O5. The van der Waals surface area contributed by atoms with E-state index < -0.39 is 0 Å². The highest BCUT2D eigenvalue weighted by Crippen LogP contribution is 2.19. The first-order valence-corrected chi connectivity index (χ1v) is 8.31. The van der Waals surface area contributed by atoms with E-state index in [2.05, 4.69) is 4.74 Å². The zero-order chi connectivity index (χ0) is 17.2. The van der Waals surface area contributed by atoms with Crippen LogP contribution in [0.5, 0.6) is 0 Å². The van der Waals surface area contributed by atoms with Crippen LogP contribution in [-0.2, 0) is 19.1 Å². The molecule has 0 atom stereocenters. The number of amides is 2. The van der Waals surface area contributed by atoms with Gasteiger partial charge in [0.2, 0.25) is 5.91 Å². The maximum Gasteiger partial charge on any atom is 0.409 e. The van der Waals surface area contributed by atoms with E-state index in [1.807, 2.05) is 6.92 Å². The molecular weight excluding hydrogens is 300 g/mol. The van der Waals surface area contributed by atoms with Crippen molar-refractivity contribution in [3.05, 3.63) is 0 Å². The molecule has 0 aromatic carbocycles. The van der Waals surface area contributed by atoms with Gasteiger partial charge < -0.3 is 19.3 Å². The molecule has 0 aromatic heterocycles. The highest BCUT2D eigenvalue weighted by molar-refractivity contribution is 5.77. The van der Waals surface area contributed by atoms with Gasteiger partial charge in [-0.3, -0.25) is 9.59 Å². The number of hydrogen-bond acceptors (Lipinski definition) is 5. The molecule has 1 aliphatic heterocycles. The lowest BCUT2D eigenvalue weighted by Crippen LogP contribution is -2.49. The van der Waals surface area contributed by atoms with Gasteiger partial charge in [0.25, 0.3) is 0 Å². The van der Waals surface area contributed by atoms with Crippen molar-refractivity contribution in [3.63, 3.8) is 0 Å². The van der Waals surface area contributed by atoms with E-state index in [4.69, 9.17) is 4.74 Å². The molecule has 1 saturated heterocycles. The second kappa shape index (κ2) is 10.1. The van der Waals surface area contributed by atoms with E-state index in [-0.39, 0.29) is 30.4 Å². The Morgan fingerprint density at radius 1 is 1.13 bits per heavy atom. The number of piperidine rings is 1. The van der Waals surface area contributed by atoms with Crippen LogP contribution < -0.4 is 0 Å². The van der Waals surface area contributed by atoms with E-state index in [0.717, 1.165) is 6.42 Å². The first kappa shape index (κ1) is 19.3. The van der Waals surface area contributed by atoms with E-state index in [1.165, 1.54) is 7.11 Å². The lowest BCUT2D eigenvalue weighted by Gasteiger charge is -2.38. The van der Waals surface area contributed by atoms with Crippen LogP contribution in [0.15, 0.2) is 0 Å². The summed E-state index contributed by atoms with van der Waals surface area (Å²) in [5.74, 6) is -0.255. The van der Waals surface area contributed by atoms with Gasteiger partial charge in [0.1, 0.15) is 0 Å². The third kappa shape index (κ3) is 6.08. The molecule has 1 heterocycles. The molecule has 1 rings (SSSR count). The van der Waals surface area contributed by atoms with E-state index in [1.54, 1.807) is 16.7 Å². The van der Waals surface area contributed by atoms with Crippen LogP contribution in [0, 0.1) is 0 Å². The van der Waals surface area contributed by atoms with E-state index in [9.17, 15) is 14.4 Å². The summed E-state index contributed by atoms with van der Waals surface area (Å²) < 4.78 is 9.66. The van der Waals surface area contributed by atoms with Crippen molar-refractivity contribution >= 4 is 18.0 Å². The third-order valence-electron chi connectivity index (χ3n) is 4.00. The predicted octanol–water partition coefficient (Wildman–Crippen LogP) is 1.80. The Bertz CT molecular complexity index is 405. The number of hydrogen-bond donors (Lipinski definition) is 0. The second-order valence-electron chi connectivity index (χ2n) is 5.58. The number of rotatable bonds is 7. The zero-order valence-electron chi connectivity index (χ0n) is 14.4.